The second-order valence-corrected chi connectivity index (χ2v) is 6.74. The highest BCUT2D eigenvalue weighted by molar-refractivity contribution is 6.62. The van der Waals surface area contributed by atoms with Crippen molar-refractivity contribution in [3.8, 4) is 0 Å². The molecule has 3 heterocycles. The zero-order valence-electron chi connectivity index (χ0n) is 12.8. The van der Waals surface area contributed by atoms with Crippen LogP contribution in [0.3, 0.4) is 0 Å². The smallest absolute Gasteiger partial charge is 0.399 e. The van der Waals surface area contributed by atoms with Crippen molar-refractivity contribution in [3.05, 3.63) is 24.0 Å². The van der Waals surface area contributed by atoms with Gasteiger partial charge < -0.3 is 14.6 Å². The van der Waals surface area contributed by atoms with Crippen LogP contribution in [0.1, 0.15) is 52.1 Å². The van der Waals surface area contributed by atoms with Crippen molar-refractivity contribution in [1.29, 1.82) is 0 Å². The maximum atomic E-state index is 6.16. The molecular weight excluding hydrogens is 251 g/mol. The summed E-state index contributed by atoms with van der Waals surface area (Å²) < 4.78 is 12.3. The number of aromatic nitrogens is 1. The zero-order valence-corrected chi connectivity index (χ0v) is 12.8. The van der Waals surface area contributed by atoms with E-state index >= 15 is 0 Å². The molecule has 1 N–H and O–H groups in total. The predicted octanol–water partition coefficient (Wildman–Crippen LogP) is 1.81. The Hall–Kier alpha value is -0.905. The molecule has 4 nitrogen and oxygen atoms in total. The Balaban J connectivity index is 1.92. The molecule has 0 spiro atoms. The molecule has 108 valence electrons. The van der Waals surface area contributed by atoms with Crippen LogP contribution in [0.15, 0.2) is 18.5 Å². The third-order valence-electron chi connectivity index (χ3n) is 4.83. The SMILES string of the molecule is CC1(C)OB(c2cnccc2C2CCCN2)OC1(C)C. The zero-order chi connectivity index (χ0) is 14.4. The number of pyridine rings is 1. The maximum Gasteiger partial charge on any atom is 0.496 e. The second-order valence-electron chi connectivity index (χ2n) is 6.74. The summed E-state index contributed by atoms with van der Waals surface area (Å²) in [5, 5.41) is 3.54. The fraction of sp³-hybridized carbons (Fsp3) is 0.667. The molecule has 0 aromatic carbocycles. The minimum atomic E-state index is -0.328. The predicted molar refractivity (Wildman–Crippen MR) is 79.9 cm³/mol. The van der Waals surface area contributed by atoms with Crippen LogP contribution < -0.4 is 10.8 Å². The fourth-order valence-electron chi connectivity index (χ4n) is 2.85. The molecule has 0 aliphatic carbocycles. The molecule has 2 fully saturated rings. The minimum absolute atomic E-state index is 0.312. The van der Waals surface area contributed by atoms with Gasteiger partial charge in [0.1, 0.15) is 0 Å². The summed E-state index contributed by atoms with van der Waals surface area (Å²) in [5.41, 5.74) is 1.70. The Kier molecular flexibility index (Phi) is 3.39. The van der Waals surface area contributed by atoms with E-state index in [1.165, 1.54) is 12.0 Å². The lowest BCUT2D eigenvalue weighted by molar-refractivity contribution is 0.00578. The first-order valence-electron chi connectivity index (χ1n) is 7.43. The van der Waals surface area contributed by atoms with Crippen LogP contribution >= 0.6 is 0 Å². The van der Waals surface area contributed by atoms with Gasteiger partial charge in [0, 0.05) is 23.9 Å². The van der Waals surface area contributed by atoms with Crippen LogP contribution in [0.5, 0.6) is 0 Å². The van der Waals surface area contributed by atoms with E-state index in [4.69, 9.17) is 9.31 Å². The summed E-state index contributed by atoms with van der Waals surface area (Å²) in [4.78, 5) is 4.27. The summed E-state index contributed by atoms with van der Waals surface area (Å²) >= 11 is 0. The van der Waals surface area contributed by atoms with E-state index in [-0.39, 0.29) is 18.3 Å². The fourth-order valence-corrected chi connectivity index (χ4v) is 2.85. The molecule has 0 radical (unpaired) electrons. The third kappa shape index (κ3) is 2.28. The van der Waals surface area contributed by atoms with Crippen LogP contribution in [0.4, 0.5) is 0 Å². The molecule has 0 saturated carbocycles. The quantitative estimate of drug-likeness (QED) is 0.835. The highest BCUT2D eigenvalue weighted by Crippen LogP contribution is 2.37. The molecule has 0 bridgehead atoms. The van der Waals surface area contributed by atoms with Gasteiger partial charge >= 0.3 is 7.12 Å². The molecule has 1 unspecified atom stereocenters. The van der Waals surface area contributed by atoms with Gasteiger partial charge in [-0.3, -0.25) is 4.98 Å². The minimum Gasteiger partial charge on any atom is -0.399 e. The summed E-state index contributed by atoms with van der Waals surface area (Å²) in [6.45, 7) is 9.40. The summed E-state index contributed by atoms with van der Waals surface area (Å²) in [6, 6.07) is 2.48. The lowest BCUT2D eigenvalue weighted by Crippen LogP contribution is -2.41. The van der Waals surface area contributed by atoms with Crippen LogP contribution in [-0.4, -0.2) is 29.8 Å². The number of hydrogen-bond acceptors (Lipinski definition) is 4. The van der Waals surface area contributed by atoms with Gasteiger partial charge in [0.25, 0.3) is 0 Å². The van der Waals surface area contributed by atoms with Crippen molar-refractivity contribution in [2.45, 2.75) is 57.8 Å². The second kappa shape index (κ2) is 4.83. The van der Waals surface area contributed by atoms with Gasteiger partial charge in [-0.25, -0.2) is 0 Å². The van der Waals surface area contributed by atoms with E-state index in [0.717, 1.165) is 18.4 Å². The van der Waals surface area contributed by atoms with E-state index in [2.05, 4.69) is 44.1 Å². The van der Waals surface area contributed by atoms with Gasteiger partial charge in [0.05, 0.1) is 11.2 Å². The molecule has 5 heteroatoms. The van der Waals surface area contributed by atoms with Crippen molar-refractivity contribution in [3.63, 3.8) is 0 Å². The third-order valence-corrected chi connectivity index (χ3v) is 4.83. The number of nitrogens with one attached hydrogen (secondary N) is 1. The first-order valence-corrected chi connectivity index (χ1v) is 7.43. The maximum absolute atomic E-state index is 6.16. The molecular formula is C15H23BN2O2. The lowest BCUT2D eigenvalue weighted by atomic mass is 9.75. The first-order chi connectivity index (χ1) is 9.41. The summed E-state index contributed by atoms with van der Waals surface area (Å²) in [5.74, 6) is 0. The highest BCUT2D eigenvalue weighted by atomic mass is 16.7. The van der Waals surface area contributed by atoms with Crippen molar-refractivity contribution < 1.29 is 9.31 Å². The van der Waals surface area contributed by atoms with Crippen molar-refractivity contribution in [2.75, 3.05) is 6.54 Å². The summed E-state index contributed by atoms with van der Waals surface area (Å²) in [7, 11) is -0.328. The van der Waals surface area contributed by atoms with E-state index in [1.54, 1.807) is 0 Å². The number of hydrogen-bond donors (Lipinski definition) is 1. The van der Waals surface area contributed by atoms with E-state index in [9.17, 15) is 0 Å². The molecule has 3 rings (SSSR count). The van der Waals surface area contributed by atoms with Gasteiger partial charge in [0.2, 0.25) is 0 Å². The monoisotopic (exact) mass is 274 g/mol. The molecule has 2 saturated heterocycles. The summed E-state index contributed by atoms with van der Waals surface area (Å²) in [6.07, 6.45) is 6.12. The Bertz CT molecular complexity index is 482. The molecule has 1 atom stereocenters. The van der Waals surface area contributed by atoms with Crippen molar-refractivity contribution in [1.82, 2.24) is 10.3 Å². The average molecular weight is 274 g/mol. The van der Waals surface area contributed by atoms with Gasteiger partial charge in [0.15, 0.2) is 0 Å². The van der Waals surface area contributed by atoms with E-state index in [0.29, 0.717) is 6.04 Å². The van der Waals surface area contributed by atoms with Gasteiger partial charge in [-0.15, -0.1) is 0 Å². The molecule has 2 aliphatic heterocycles. The molecule has 20 heavy (non-hydrogen) atoms. The normalized spacial score (nSPS) is 28.0. The van der Waals surface area contributed by atoms with Crippen molar-refractivity contribution >= 4 is 12.6 Å². The lowest BCUT2D eigenvalue weighted by Gasteiger charge is -2.32. The van der Waals surface area contributed by atoms with Gasteiger partial charge in [-0.2, -0.15) is 0 Å². The van der Waals surface area contributed by atoms with Gasteiger partial charge in [-0.05, 0) is 58.7 Å². The highest BCUT2D eigenvalue weighted by Gasteiger charge is 2.52. The number of rotatable bonds is 2. The molecule has 1 aromatic rings. The Morgan fingerprint density at radius 1 is 1.25 bits per heavy atom. The van der Waals surface area contributed by atoms with E-state index < -0.39 is 0 Å². The van der Waals surface area contributed by atoms with E-state index in [1.807, 2.05) is 12.4 Å². The molecule has 1 aromatic heterocycles. The standard InChI is InChI=1S/C15H23BN2O2/c1-14(2)15(3,4)20-16(19-14)12-10-17-9-7-11(12)13-6-5-8-18-13/h7,9-10,13,18H,5-6,8H2,1-4H3. The molecule has 0 amide bonds. The average Bonchev–Trinajstić information content (AvgIpc) is 2.97. The Labute approximate surface area is 121 Å². The topological polar surface area (TPSA) is 43.4 Å². The number of nitrogens with zero attached hydrogens (tertiary/aromatic N) is 1. The van der Waals surface area contributed by atoms with Crippen LogP contribution in [0.2, 0.25) is 0 Å². The molecule has 2 aliphatic rings. The van der Waals surface area contributed by atoms with Gasteiger partial charge in [-0.1, -0.05) is 0 Å². The largest absolute Gasteiger partial charge is 0.496 e. The van der Waals surface area contributed by atoms with Crippen LogP contribution in [0, 0.1) is 0 Å². The Morgan fingerprint density at radius 2 is 1.95 bits per heavy atom. The Morgan fingerprint density at radius 3 is 2.55 bits per heavy atom. The van der Waals surface area contributed by atoms with Crippen LogP contribution in [0.25, 0.3) is 0 Å². The van der Waals surface area contributed by atoms with Crippen LogP contribution in [-0.2, 0) is 9.31 Å². The first kappa shape index (κ1) is 14.0. The van der Waals surface area contributed by atoms with Crippen molar-refractivity contribution in [2.24, 2.45) is 0 Å².